The zero-order chi connectivity index (χ0) is 15.5. The highest BCUT2D eigenvalue weighted by Crippen LogP contribution is 2.23. The summed E-state index contributed by atoms with van der Waals surface area (Å²) < 4.78 is 41.5. The molecule has 0 amide bonds. The summed E-state index contributed by atoms with van der Waals surface area (Å²) in [6.07, 6.45) is -1.22. The summed E-state index contributed by atoms with van der Waals surface area (Å²) >= 11 is 0. The van der Waals surface area contributed by atoms with Crippen LogP contribution >= 0.6 is 0 Å². The lowest BCUT2D eigenvalue weighted by molar-refractivity contribution is -0.274. The molecule has 1 heterocycles. The van der Waals surface area contributed by atoms with Crippen molar-refractivity contribution in [3.63, 3.8) is 0 Å². The van der Waals surface area contributed by atoms with Crippen LogP contribution in [0.15, 0.2) is 36.7 Å². The molecule has 1 aromatic carbocycles. The number of carbonyl (C=O) groups excluding carboxylic acids is 1. The van der Waals surface area contributed by atoms with Gasteiger partial charge in [0.25, 0.3) is 0 Å². The van der Waals surface area contributed by atoms with Crippen molar-refractivity contribution in [1.29, 1.82) is 0 Å². The number of hydrogen-bond acceptors (Lipinski definition) is 3. The molecule has 0 N–H and O–H groups in total. The fourth-order valence-corrected chi connectivity index (χ4v) is 1.80. The Labute approximate surface area is 119 Å². The van der Waals surface area contributed by atoms with Crippen LogP contribution in [-0.4, -0.2) is 21.9 Å². The van der Waals surface area contributed by atoms with E-state index in [4.69, 9.17) is 0 Å². The standard InChI is InChI=1S/C14H13F3N2O2/c1-2-19-9-10(8-18-19)7-13(20)11-3-5-12(6-4-11)21-14(15,16)17/h3-6,8-9H,2,7H2,1H3. The minimum Gasteiger partial charge on any atom is -0.406 e. The monoisotopic (exact) mass is 298 g/mol. The summed E-state index contributed by atoms with van der Waals surface area (Å²) in [5.41, 5.74) is 1.09. The number of aryl methyl sites for hydroxylation is 1. The first-order chi connectivity index (χ1) is 9.87. The molecule has 0 aliphatic heterocycles. The van der Waals surface area contributed by atoms with Crippen molar-refractivity contribution >= 4 is 5.78 Å². The van der Waals surface area contributed by atoms with Crippen LogP contribution in [0.4, 0.5) is 13.2 Å². The molecule has 21 heavy (non-hydrogen) atoms. The number of benzene rings is 1. The van der Waals surface area contributed by atoms with Gasteiger partial charge in [0.1, 0.15) is 5.75 Å². The highest BCUT2D eigenvalue weighted by molar-refractivity contribution is 5.97. The normalized spacial score (nSPS) is 11.4. The molecule has 7 heteroatoms. The second-order valence-electron chi connectivity index (χ2n) is 4.38. The Morgan fingerprint density at radius 3 is 2.48 bits per heavy atom. The average molecular weight is 298 g/mol. The first-order valence-corrected chi connectivity index (χ1v) is 6.27. The van der Waals surface area contributed by atoms with Crippen LogP contribution in [0.3, 0.4) is 0 Å². The van der Waals surface area contributed by atoms with Crippen molar-refractivity contribution in [2.45, 2.75) is 26.3 Å². The molecule has 0 spiro atoms. The largest absolute Gasteiger partial charge is 0.573 e. The minimum atomic E-state index is -4.74. The fourth-order valence-electron chi connectivity index (χ4n) is 1.80. The number of ketones is 1. The highest BCUT2D eigenvalue weighted by Gasteiger charge is 2.31. The van der Waals surface area contributed by atoms with Gasteiger partial charge in [0, 0.05) is 24.7 Å². The molecular formula is C14H13F3N2O2. The van der Waals surface area contributed by atoms with Crippen molar-refractivity contribution in [1.82, 2.24) is 9.78 Å². The van der Waals surface area contributed by atoms with Crippen molar-refractivity contribution in [3.05, 3.63) is 47.8 Å². The van der Waals surface area contributed by atoms with E-state index in [2.05, 4.69) is 9.84 Å². The summed E-state index contributed by atoms with van der Waals surface area (Å²) in [7, 11) is 0. The second kappa shape index (κ2) is 5.99. The lowest BCUT2D eigenvalue weighted by Gasteiger charge is -2.08. The summed E-state index contributed by atoms with van der Waals surface area (Å²) in [5.74, 6) is -0.540. The SMILES string of the molecule is CCn1cc(CC(=O)c2ccc(OC(F)(F)F)cc2)cn1. The Bertz CT molecular complexity index is 618. The number of alkyl halides is 3. The number of hydrogen-bond donors (Lipinski definition) is 0. The molecule has 0 atom stereocenters. The molecule has 0 radical (unpaired) electrons. The molecule has 0 aliphatic carbocycles. The minimum absolute atomic E-state index is 0.152. The van der Waals surface area contributed by atoms with E-state index in [1.807, 2.05) is 6.92 Å². The predicted octanol–water partition coefficient (Wildman–Crippen LogP) is 3.23. The van der Waals surface area contributed by atoms with Crippen molar-refractivity contribution in [2.75, 3.05) is 0 Å². The van der Waals surface area contributed by atoms with Gasteiger partial charge >= 0.3 is 6.36 Å². The Morgan fingerprint density at radius 2 is 1.95 bits per heavy atom. The molecule has 0 saturated carbocycles. The molecule has 0 fully saturated rings. The van der Waals surface area contributed by atoms with Gasteiger partial charge in [0.15, 0.2) is 5.78 Å². The number of carbonyl (C=O) groups is 1. The number of Topliss-reactive ketones (excluding diaryl/α,β-unsaturated/α-hetero) is 1. The molecule has 4 nitrogen and oxygen atoms in total. The first kappa shape index (κ1) is 15.1. The van der Waals surface area contributed by atoms with Crippen LogP contribution in [0.5, 0.6) is 5.75 Å². The smallest absolute Gasteiger partial charge is 0.406 e. The van der Waals surface area contributed by atoms with Crippen LogP contribution in [0.2, 0.25) is 0 Å². The van der Waals surface area contributed by atoms with E-state index in [0.29, 0.717) is 12.1 Å². The molecular weight excluding hydrogens is 285 g/mol. The molecule has 1 aromatic heterocycles. The quantitative estimate of drug-likeness (QED) is 0.796. The maximum Gasteiger partial charge on any atom is 0.573 e. The zero-order valence-corrected chi connectivity index (χ0v) is 11.2. The second-order valence-corrected chi connectivity index (χ2v) is 4.38. The maximum absolute atomic E-state index is 12.0. The summed E-state index contributed by atoms with van der Waals surface area (Å²) in [5, 5.41) is 4.06. The fraction of sp³-hybridized carbons (Fsp3) is 0.286. The van der Waals surface area contributed by atoms with Crippen LogP contribution in [0, 0.1) is 0 Å². The maximum atomic E-state index is 12.0. The van der Waals surface area contributed by atoms with Crippen LogP contribution < -0.4 is 4.74 Å². The highest BCUT2D eigenvalue weighted by atomic mass is 19.4. The van der Waals surface area contributed by atoms with Gasteiger partial charge in [0.2, 0.25) is 0 Å². The van der Waals surface area contributed by atoms with Crippen LogP contribution in [0.1, 0.15) is 22.8 Å². The van der Waals surface area contributed by atoms with Gasteiger partial charge in [-0.2, -0.15) is 5.10 Å². The predicted molar refractivity (Wildman–Crippen MR) is 69.1 cm³/mol. The Morgan fingerprint density at radius 1 is 1.29 bits per heavy atom. The third kappa shape index (κ3) is 4.34. The van der Waals surface area contributed by atoms with E-state index in [-0.39, 0.29) is 18.0 Å². The van der Waals surface area contributed by atoms with Gasteiger partial charge in [-0.3, -0.25) is 9.48 Å². The van der Waals surface area contributed by atoms with Gasteiger partial charge in [0.05, 0.1) is 6.20 Å². The van der Waals surface area contributed by atoms with Gasteiger partial charge in [-0.1, -0.05) is 0 Å². The van der Waals surface area contributed by atoms with E-state index in [1.165, 1.54) is 12.1 Å². The average Bonchev–Trinajstić information content (AvgIpc) is 2.85. The van der Waals surface area contributed by atoms with E-state index in [1.54, 1.807) is 17.1 Å². The number of rotatable bonds is 5. The molecule has 2 rings (SSSR count). The zero-order valence-electron chi connectivity index (χ0n) is 11.2. The van der Waals surface area contributed by atoms with Crippen LogP contribution in [0.25, 0.3) is 0 Å². The van der Waals surface area contributed by atoms with Crippen molar-refractivity contribution in [3.8, 4) is 5.75 Å². The number of halogens is 3. The third-order valence-corrected chi connectivity index (χ3v) is 2.79. The molecule has 2 aromatic rings. The number of nitrogens with zero attached hydrogens (tertiary/aromatic N) is 2. The van der Waals surface area contributed by atoms with Gasteiger partial charge in [-0.25, -0.2) is 0 Å². The lowest BCUT2D eigenvalue weighted by Crippen LogP contribution is -2.17. The Balaban J connectivity index is 2.02. The van der Waals surface area contributed by atoms with Gasteiger partial charge in [-0.15, -0.1) is 13.2 Å². The first-order valence-electron chi connectivity index (χ1n) is 6.27. The number of ether oxygens (including phenoxy) is 1. The van der Waals surface area contributed by atoms with E-state index in [0.717, 1.165) is 17.7 Å². The molecule has 0 bridgehead atoms. The number of aromatic nitrogens is 2. The summed E-state index contributed by atoms with van der Waals surface area (Å²) in [4.78, 5) is 12.0. The molecule has 112 valence electrons. The summed E-state index contributed by atoms with van der Waals surface area (Å²) in [6.45, 7) is 2.63. The van der Waals surface area contributed by atoms with Crippen molar-refractivity contribution in [2.24, 2.45) is 0 Å². The van der Waals surface area contributed by atoms with E-state index < -0.39 is 6.36 Å². The van der Waals surface area contributed by atoms with Crippen LogP contribution in [-0.2, 0) is 13.0 Å². The Kier molecular flexibility index (Phi) is 4.30. The van der Waals surface area contributed by atoms with Crippen molar-refractivity contribution < 1.29 is 22.7 Å². The Hall–Kier alpha value is -2.31. The summed E-state index contributed by atoms with van der Waals surface area (Å²) in [6, 6.07) is 4.87. The third-order valence-electron chi connectivity index (χ3n) is 2.79. The van der Waals surface area contributed by atoms with Gasteiger partial charge in [-0.05, 0) is 36.8 Å². The topological polar surface area (TPSA) is 44.1 Å². The molecule has 0 unspecified atom stereocenters. The van der Waals surface area contributed by atoms with E-state index in [9.17, 15) is 18.0 Å². The molecule has 0 aliphatic rings. The molecule has 0 saturated heterocycles. The van der Waals surface area contributed by atoms with Gasteiger partial charge < -0.3 is 4.74 Å². The lowest BCUT2D eigenvalue weighted by atomic mass is 10.1. The van der Waals surface area contributed by atoms with E-state index >= 15 is 0 Å².